The minimum Gasteiger partial charge on any atom is -0.477 e. The largest absolute Gasteiger partial charge is 0.477 e. The van der Waals surface area contributed by atoms with Crippen LogP contribution in [-0.2, 0) is 4.79 Å². The van der Waals surface area contributed by atoms with E-state index in [2.05, 4.69) is 15.6 Å². The number of carbonyl (C=O) groups excluding carboxylic acids is 2. The van der Waals surface area contributed by atoms with E-state index >= 15 is 0 Å². The first-order chi connectivity index (χ1) is 17.7. The van der Waals surface area contributed by atoms with Crippen LogP contribution in [0.5, 0.6) is 0 Å². The Hall–Kier alpha value is -3.94. The molecule has 188 valence electrons. The lowest BCUT2D eigenvalue weighted by Crippen LogP contribution is -2.25. The van der Waals surface area contributed by atoms with Crippen LogP contribution in [-0.4, -0.2) is 55.6 Å². The van der Waals surface area contributed by atoms with E-state index in [0.29, 0.717) is 37.0 Å². The Morgan fingerprint density at radius 1 is 1.08 bits per heavy atom. The van der Waals surface area contributed by atoms with Crippen molar-refractivity contribution in [3.8, 4) is 11.3 Å². The molecule has 0 spiro atoms. The van der Waals surface area contributed by atoms with Gasteiger partial charge in [-0.25, -0.2) is 14.6 Å². The third-order valence-electron chi connectivity index (χ3n) is 4.87. The highest BCUT2D eigenvalue weighted by atomic mass is 32.2. The summed E-state index contributed by atoms with van der Waals surface area (Å²) in [5.41, 5.74) is 0.454. The fourth-order valence-electron chi connectivity index (χ4n) is 3.17. The number of hydrogen-bond acceptors (Lipinski definition) is 9. The second kappa shape index (κ2) is 11.4. The van der Waals surface area contributed by atoms with Crippen molar-refractivity contribution in [1.82, 2.24) is 15.6 Å². The van der Waals surface area contributed by atoms with Gasteiger partial charge in [-0.05, 0) is 36.4 Å². The van der Waals surface area contributed by atoms with E-state index in [1.165, 1.54) is 23.9 Å². The van der Waals surface area contributed by atoms with Crippen molar-refractivity contribution in [2.45, 2.75) is 4.90 Å². The molecule has 0 saturated carbocycles. The van der Waals surface area contributed by atoms with Gasteiger partial charge in [0.2, 0.25) is 0 Å². The SMILES string of the molecule is O=C1NC(=S)S/C1=C/c1ccc(-c2ccc(C(=O)NCCSc3cc(C(=O)O)nc(C(=O)O)c3)cc2)o1. The number of carbonyl (C=O) groups is 4. The number of carboxylic acid groups (broad SMARTS) is 2. The Bertz CT molecular complexity index is 1420. The lowest BCUT2D eigenvalue weighted by atomic mass is 10.1. The number of pyridine rings is 1. The number of aromatic carboxylic acids is 2. The molecule has 0 radical (unpaired) electrons. The highest BCUT2D eigenvalue weighted by Crippen LogP contribution is 2.29. The van der Waals surface area contributed by atoms with Crippen molar-refractivity contribution < 1.29 is 33.8 Å². The van der Waals surface area contributed by atoms with Gasteiger partial charge in [-0.2, -0.15) is 0 Å². The highest BCUT2D eigenvalue weighted by molar-refractivity contribution is 8.26. The predicted octanol–water partition coefficient (Wildman–Crippen LogP) is 3.75. The molecule has 1 aliphatic heterocycles. The van der Waals surface area contributed by atoms with Gasteiger partial charge in [-0.1, -0.05) is 36.1 Å². The maximum atomic E-state index is 12.5. The molecule has 0 atom stereocenters. The maximum Gasteiger partial charge on any atom is 0.354 e. The van der Waals surface area contributed by atoms with Crippen LogP contribution in [0.25, 0.3) is 17.4 Å². The Balaban J connectivity index is 1.32. The average Bonchev–Trinajstić information content (AvgIpc) is 3.47. The smallest absolute Gasteiger partial charge is 0.354 e. The van der Waals surface area contributed by atoms with Gasteiger partial charge in [0.1, 0.15) is 27.2 Å². The van der Waals surface area contributed by atoms with Crippen molar-refractivity contribution >= 4 is 69.9 Å². The Morgan fingerprint density at radius 3 is 2.35 bits per heavy atom. The summed E-state index contributed by atoms with van der Waals surface area (Å²) in [5.74, 6) is -1.76. The summed E-state index contributed by atoms with van der Waals surface area (Å²) in [4.78, 5) is 51.0. The summed E-state index contributed by atoms with van der Waals surface area (Å²) in [6.07, 6.45) is 1.61. The van der Waals surface area contributed by atoms with Crippen LogP contribution >= 0.6 is 35.7 Å². The van der Waals surface area contributed by atoms with E-state index in [1.54, 1.807) is 42.5 Å². The van der Waals surface area contributed by atoms with Crippen LogP contribution in [0.15, 0.2) is 62.7 Å². The average molecular weight is 556 g/mol. The molecule has 0 aliphatic carbocycles. The number of hydrogen-bond donors (Lipinski definition) is 4. The first-order valence-corrected chi connectivity index (χ1v) is 12.8. The van der Waals surface area contributed by atoms with Crippen LogP contribution in [0.3, 0.4) is 0 Å². The molecule has 0 unspecified atom stereocenters. The zero-order valence-electron chi connectivity index (χ0n) is 18.7. The van der Waals surface area contributed by atoms with Gasteiger partial charge in [-0.15, -0.1) is 11.8 Å². The summed E-state index contributed by atoms with van der Waals surface area (Å²) in [5, 5.41) is 23.5. The minimum atomic E-state index is -1.32. The van der Waals surface area contributed by atoms with E-state index < -0.39 is 11.9 Å². The van der Waals surface area contributed by atoms with Crippen LogP contribution in [0.2, 0.25) is 0 Å². The molecule has 3 aromatic rings. The standard InChI is InChI=1S/C24H17N3O7S3/c28-20(25-7-8-36-15-10-16(22(30)31)26-17(11-15)23(32)33)13-3-1-12(2-4-13)18-6-5-14(34-18)9-19-21(29)27-24(35)37-19/h1-6,9-11H,7-8H2,(H,25,28)(H,30,31)(H,32,33)(H,27,29,35)/b19-9+. The molecule has 1 fully saturated rings. The van der Waals surface area contributed by atoms with Crippen molar-refractivity contribution in [2.24, 2.45) is 0 Å². The van der Waals surface area contributed by atoms with Gasteiger partial charge in [0, 0.05) is 34.4 Å². The molecular formula is C24H17N3O7S3. The molecule has 4 rings (SSSR count). The molecule has 10 nitrogen and oxygen atoms in total. The van der Waals surface area contributed by atoms with Gasteiger partial charge in [-0.3, -0.25) is 9.59 Å². The summed E-state index contributed by atoms with van der Waals surface area (Å²) in [6, 6.07) is 12.8. The fourth-order valence-corrected chi connectivity index (χ4v) is 5.02. The normalized spacial score (nSPS) is 14.0. The molecule has 2 aromatic heterocycles. The number of carboxylic acids is 2. The van der Waals surface area contributed by atoms with Crippen molar-refractivity contribution in [3.05, 3.63) is 76.1 Å². The molecule has 4 N–H and O–H groups in total. The second-order valence-electron chi connectivity index (χ2n) is 7.42. The van der Waals surface area contributed by atoms with Crippen molar-refractivity contribution in [1.29, 1.82) is 0 Å². The molecule has 1 aromatic carbocycles. The zero-order chi connectivity index (χ0) is 26.5. The van der Waals surface area contributed by atoms with E-state index in [-0.39, 0.29) is 29.7 Å². The number of thiocarbonyl (C=S) groups is 1. The lowest BCUT2D eigenvalue weighted by Gasteiger charge is -2.07. The molecule has 1 saturated heterocycles. The van der Waals surface area contributed by atoms with Crippen molar-refractivity contribution in [2.75, 3.05) is 12.3 Å². The molecule has 37 heavy (non-hydrogen) atoms. The number of furan rings is 1. The number of nitrogens with one attached hydrogen (secondary N) is 2. The van der Waals surface area contributed by atoms with Crippen molar-refractivity contribution in [3.63, 3.8) is 0 Å². The van der Waals surface area contributed by atoms with Gasteiger partial charge < -0.3 is 25.3 Å². The Kier molecular flexibility index (Phi) is 8.06. The number of rotatable bonds is 9. The van der Waals surface area contributed by atoms with Crippen LogP contribution < -0.4 is 10.6 Å². The van der Waals surface area contributed by atoms with E-state index in [0.717, 1.165) is 17.3 Å². The number of amides is 2. The quantitative estimate of drug-likeness (QED) is 0.132. The molecule has 1 aliphatic rings. The summed E-state index contributed by atoms with van der Waals surface area (Å²) < 4.78 is 6.18. The minimum absolute atomic E-state index is 0.266. The van der Waals surface area contributed by atoms with E-state index in [4.69, 9.17) is 26.8 Å². The summed E-state index contributed by atoms with van der Waals surface area (Å²) >= 11 is 7.34. The predicted molar refractivity (Wildman–Crippen MR) is 142 cm³/mol. The highest BCUT2D eigenvalue weighted by Gasteiger charge is 2.22. The number of nitrogens with zero attached hydrogens (tertiary/aromatic N) is 1. The van der Waals surface area contributed by atoms with E-state index in [1.807, 2.05) is 0 Å². The van der Waals surface area contributed by atoms with E-state index in [9.17, 15) is 19.2 Å². The Morgan fingerprint density at radius 2 is 1.76 bits per heavy atom. The van der Waals surface area contributed by atoms with Crippen LogP contribution in [0.4, 0.5) is 0 Å². The molecule has 3 heterocycles. The fraction of sp³-hybridized carbons (Fsp3) is 0.0833. The van der Waals surface area contributed by atoms with Crippen LogP contribution in [0.1, 0.15) is 37.1 Å². The number of benzene rings is 1. The summed E-state index contributed by atoms with van der Waals surface area (Å²) in [6.45, 7) is 0.267. The molecule has 0 bridgehead atoms. The third-order valence-corrected chi connectivity index (χ3v) is 7.01. The number of aromatic nitrogens is 1. The molecule has 13 heteroatoms. The van der Waals surface area contributed by atoms with Crippen LogP contribution in [0, 0.1) is 0 Å². The topological polar surface area (TPSA) is 159 Å². The molecule has 2 amide bonds. The first-order valence-electron chi connectivity index (χ1n) is 10.5. The molecular weight excluding hydrogens is 538 g/mol. The maximum absolute atomic E-state index is 12.5. The first kappa shape index (κ1) is 26.1. The van der Waals surface area contributed by atoms with Gasteiger partial charge >= 0.3 is 11.9 Å². The van der Waals surface area contributed by atoms with Gasteiger partial charge in [0.25, 0.3) is 11.8 Å². The number of thioether (sulfide) groups is 2. The second-order valence-corrected chi connectivity index (χ2v) is 10.3. The lowest BCUT2D eigenvalue weighted by molar-refractivity contribution is -0.115. The van der Waals surface area contributed by atoms with Gasteiger partial charge in [0.05, 0.1) is 4.91 Å². The monoisotopic (exact) mass is 555 g/mol. The zero-order valence-corrected chi connectivity index (χ0v) is 21.2. The Labute approximate surface area is 223 Å². The summed E-state index contributed by atoms with van der Waals surface area (Å²) in [7, 11) is 0. The third kappa shape index (κ3) is 6.64. The van der Waals surface area contributed by atoms with Gasteiger partial charge in [0.15, 0.2) is 0 Å².